The minimum Gasteiger partial charge on any atom is -0.357 e. The SMILES string of the molecule is C[C@@H]1CCCCN1Cc1cc2ccc(Cn3ccc4c(Br)cncc4c3=O)cc2[nH]1. The first-order valence-electron chi connectivity index (χ1n) is 10.6. The number of hydrogen-bond donors (Lipinski definition) is 1. The first-order chi connectivity index (χ1) is 14.6. The van der Waals surface area contributed by atoms with Crippen LogP contribution in [0.1, 0.15) is 37.4 Å². The number of aromatic nitrogens is 3. The third-order valence-corrected chi connectivity index (χ3v) is 6.89. The van der Waals surface area contributed by atoms with E-state index in [1.807, 2.05) is 12.3 Å². The number of H-pyrrole nitrogens is 1. The predicted molar refractivity (Wildman–Crippen MR) is 125 cm³/mol. The van der Waals surface area contributed by atoms with Gasteiger partial charge < -0.3 is 9.55 Å². The average molecular weight is 465 g/mol. The van der Waals surface area contributed by atoms with E-state index in [1.165, 1.54) is 36.9 Å². The smallest absolute Gasteiger partial charge is 0.260 e. The molecule has 5 rings (SSSR count). The summed E-state index contributed by atoms with van der Waals surface area (Å²) >= 11 is 3.47. The standard InChI is InChI=1S/C24H25BrN4O/c1-16-4-2-3-8-28(16)15-19-11-18-6-5-17(10-23(18)27-19)14-29-9-7-20-21(24(29)30)12-26-13-22(20)25/h5-7,9-13,16,27H,2-4,8,14-15H2,1H3/t16-/m1/s1. The normalized spacial score (nSPS) is 17.7. The van der Waals surface area contributed by atoms with Crippen LogP contribution in [0.5, 0.6) is 0 Å². The quantitative estimate of drug-likeness (QED) is 0.458. The van der Waals surface area contributed by atoms with Crippen LogP contribution in [0.3, 0.4) is 0 Å². The molecule has 1 atom stereocenters. The van der Waals surface area contributed by atoms with Gasteiger partial charge >= 0.3 is 0 Å². The number of halogens is 1. The second kappa shape index (κ2) is 8.00. The highest BCUT2D eigenvalue weighted by Crippen LogP contribution is 2.23. The van der Waals surface area contributed by atoms with Gasteiger partial charge in [-0.2, -0.15) is 0 Å². The lowest BCUT2D eigenvalue weighted by Gasteiger charge is -2.32. The Morgan fingerprint density at radius 3 is 2.90 bits per heavy atom. The van der Waals surface area contributed by atoms with Crippen LogP contribution in [0.25, 0.3) is 21.7 Å². The number of piperidine rings is 1. The summed E-state index contributed by atoms with van der Waals surface area (Å²) in [5, 5.41) is 2.74. The fourth-order valence-electron chi connectivity index (χ4n) is 4.52. The molecule has 0 aliphatic carbocycles. The zero-order chi connectivity index (χ0) is 20.7. The fraction of sp³-hybridized carbons (Fsp3) is 0.333. The zero-order valence-corrected chi connectivity index (χ0v) is 18.7. The Labute approximate surface area is 183 Å². The Morgan fingerprint density at radius 1 is 1.13 bits per heavy atom. The van der Waals surface area contributed by atoms with E-state index in [9.17, 15) is 4.79 Å². The Kier molecular flexibility index (Phi) is 5.21. The Balaban J connectivity index is 1.41. The molecule has 3 aromatic heterocycles. The van der Waals surface area contributed by atoms with E-state index >= 15 is 0 Å². The van der Waals surface area contributed by atoms with Gasteiger partial charge in [-0.05, 0) is 71.4 Å². The topological polar surface area (TPSA) is 53.9 Å². The third-order valence-electron chi connectivity index (χ3n) is 6.26. The average Bonchev–Trinajstić information content (AvgIpc) is 3.14. The number of nitrogens with zero attached hydrogens (tertiary/aromatic N) is 3. The molecule has 4 heterocycles. The second-order valence-corrected chi connectivity index (χ2v) is 9.22. The molecule has 1 N–H and O–H groups in total. The molecule has 1 aliphatic heterocycles. The van der Waals surface area contributed by atoms with E-state index < -0.39 is 0 Å². The number of benzene rings is 1. The van der Waals surface area contributed by atoms with E-state index in [-0.39, 0.29) is 5.56 Å². The minimum absolute atomic E-state index is 0.0207. The van der Waals surface area contributed by atoms with Crippen molar-refractivity contribution in [1.82, 2.24) is 19.4 Å². The number of nitrogens with one attached hydrogen (secondary N) is 1. The van der Waals surface area contributed by atoms with Crippen LogP contribution in [-0.2, 0) is 13.1 Å². The molecule has 30 heavy (non-hydrogen) atoms. The summed E-state index contributed by atoms with van der Waals surface area (Å²) in [4.78, 5) is 23.2. The molecule has 154 valence electrons. The molecule has 1 aromatic carbocycles. The maximum Gasteiger partial charge on any atom is 0.260 e. The summed E-state index contributed by atoms with van der Waals surface area (Å²) in [6.45, 7) is 5.01. The molecule has 0 spiro atoms. The lowest BCUT2D eigenvalue weighted by molar-refractivity contribution is 0.151. The molecule has 0 saturated carbocycles. The Hall–Kier alpha value is -2.44. The number of likely N-dealkylation sites (tertiary alicyclic amines) is 1. The van der Waals surface area contributed by atoms with Crippen LogP contribution in [0.2, 0.25) is 0 Å². The molecule has 0 unspecified atom stereocenters. The molecule has 1 saturated heterocycles. The van der Waals surface area contributed by atoms with Crippen molar-refractivity contribution in [2.24, 2.45) is 0 Å². The van der Waals surface area contributed by atoms with Crippen LogP contribution in [0.15, 0.2) is 58.2 Å². The summed E-state index contributed by atoms with van der Waals surface area (Å²) in [5.74, 6) is 0. The first-order valence-corrected chi connectivity index (χ1v) is 11.3. The summed E-state index contributed by atoms with van der Waals surface area (Å²) in [7, 11) is 0. The monoisotopic (exact) mass is 464 g/mol. The van der Waals surface area contributed by atoms with E-state index in [4.69, 9.17) is 0 Å². The number of hydrogen-bond acceptors (Lipinski definition) is 3. The van der Waals surface area contributed by atoms with Gasteiger partial charge in [-0.15, -0.1) is 0 Å². The van der Waals surface area contributed by atoms with E-state index in [0.29, 0.717) is 18.0 Å². The Bertz CT molecular complexity index is 1280. The molecule has 0 amide bonds. The molecule has 1 aliphatic rings. The van der Waals surface area contributed by atoms with Crippen LogP contribution in [0.4, 0.5) is 0 Å². The molecular formula is C24H25BrN4O. The number of aromatic amines is 1. The van der Waals surface area contributed by atoms with Crippen LogP contribution in [-0.4, -0.2) is 32.0 Å². The number of fused-ring (bicyclic) bond motifs is 2. The summed E-state index contributed by atoms with van der Waals surface area (Å²) in [5.41, 5.74) is 3.47. The molecule has 6 heteroatoms. The van der Waals surface area contributed by atoms with Gasteiger partial charge in [0.1, 0.15) is 0 Å². The van der Waals surface area contributed by atoms with Crippen LogP contribution in [0, 0.1) is 0 Å². The van der Waals surface area contributed by atoms with Crippen LogP contribution < -0.4 is 5.56 Å². The van der Waals surface area contributed by atoms with Crippen molar-refractivity contribution in [3.05, 3.63) is 75.0 Å². The highest BCUT2D eigenvalue weighted by atomic mass is 79.9. The van der Waals surface area contributed by atoms with Crippen molar-refractivity contribution in [3.8, 4) is 0 Å². The zero-order valence-electron chi connectivity index (χ0n) is 17.1. The number of pyridine rings is 2. The highest BCUT2D eigenvalue weighted by molar-refractivity contribution is 9.10. The van der Waals surface area contributed by atoms with Crippen molar-refractivity contribution in [2.75, 3.05) is 6.54 Å². The van der Waals surface area contributed by atoms with Gasteiger partial charge in [0.15, 0.2) is 0 Å². The van der Waals surface area contributed by atoms with Gasteiger partial charge in [0.25, 0.3) is 5.56 Å². The molecule has 1 fully saturated rings. The fourth-order valence-corrected chi connectivity index (χ4v) is 4.99. The van der Waals surface area contributed by atoms with Crippen LogP contribution >= 0.6 is 15.9 Å². The van der Waals surface area contributed by atoms with Gasteiger partial charge in [-0.25, -0.2) is 0 Å². The van der Waals surface area contributed by atoms with Gasteiger partial charge in [-0.3, -0.25) is 14.7 Å². The third kappa shape index (κ3) is 3.70. The summed E-state index contributed by atoms with van der Waals surface area (Å²) in [6, 6.07) is 11.3. The van der Waals surface area contributed by atoms with Crippen molar-refractivity contribution in [3.63, 3.8) is 0 Å². The van der Waals surface area contributed by atoms with Crippen molar-refractivity contribution < 1.29 is 0 Å². The highest BCUT2D eigenvalue weighted by Gasteiger charge is 2.18. The van der Waals surface area contributed by atoms with Crippen molar-refractivity contribution >= 4 is 37.6 Å². The van der Waals surface area contributed by atoms with E-state index in [0.717, 1.165) is 27.5 Å². The molecule has 0 radical (unpaired) electrons. The summed E-state index contributed by atoms with van der Waals surface area (Å²) < 4.78 is 2.59. The number of rotatable bonds is 4. The second-order valence-electron chi connectivity index (χ2n) is 8.36. The molecular weight excluding hydrogens is 440 g/mol. The lowest BCUT2D eigenvalue weighted by atomic mass is 10.0. The van der Waals surface area contributed by atoms with E-state index in [2.05, 4.69) is 62.0 Å². The lowest BCUT2D eigenvalue weighted by Crippen LogP contribution is -2.36. The largest absolute Gasteiger partial charge is 0.357 e. The Morgan fingerprint density at radius 2 is 2.03 bits per heavy atom. The molecule has 4 aromatic rings. The molecule has 5 nitrogen and oxygen atoms in total. The summed E-state index contributed by atoms with van der Waals surface area (Å²) in [6.07, 6.45) is 9.14. The predicted octanol–water partition coefficient (Wildman–Crippen LogP) is 5.06. The van der Waals surface area contributed by atoms with Crippen molar-refractivity contribution in [2.45, 2.75) is 45.3 Å². The minimum atomic E-state index is -0.0207. The van der Waals surface area contributed by atoms with E-state index in [1.54, 1.807) is 17.0 Å². The first kappa shape index (κ1) is 19.5. The molecule has 0 bridgehead atoms. The van der Waals surface area contributed by atoms with Gasteiger partial charge in [0.05, 0.1) is 11.9 Å². The van der Waals surface area contributed by atoms with Gasteiger partial charge in [-0.1, -0.05) is 18.6 Å². The maximum absolute atomic E-state index is 12.9. The van der Waals surface area contributed by atoms with Gasteiger partial charge in [0.2, 0.25) is 0 Å². The van der Waals surface area contributed by atoms with Crippen molar-refractivity contribution in [1.29, 1.82) is 0 Å². The maximum atomic E-state index is 12.9. The van der Waals surface area contributed by atoms with Gasteiger partial charge in [0, 0.05) is 52.2 Å².